The highest BCUT2D eigenvalue weighted by molar-refractivity contribution is 5.79. The molecule has 0 unspecified atom stereocenters. The Balaban J connectivity index is 1.75. The van der Waals surface area contributed by atoms with Crippen molar-refractivity contribution in [2.24, 2.45) is 11.8 Å². The van der Waals surface area contributed by atoms with Crippen LogP contribution < -0.4 is 5.32 Å². The molecule has 1 aromatic rings. The quantitative estimate of drug-likeness (QED) is 0.877. The number of carbonyl (C=O) groups excluding carboxylic acids is 1. The van der Waals surface area contributed by atoms with Crippen molar-refractivity contribution < 1.29 is 4.79 Å². The Morgan fingerprint density at radius 1 is 1.32 bits per heavy atom. The van der Waals surface area contributed by atoms with Crippen molar-refractivity contribution in [3.8, 4) is 0 Å². The second-order valence-electron chi connectivity index (χ2n) is 5.59. The molecule has 1 N–H and O–H groups in total. The molecule has 3 nitrogen and oxygen atoms in total. The summed E-state index contributed by atoms with van der Waals surface area (Å²) in [6.07, 6.45) is 2.07. The van der Waals surface area contributed by atoms with Crippen molar-refractivity contribution in [3.63, 3.8) is 0 Å². The van der Waals surface area contributed by atoms with Crippen molar-refractivity contribution in [1.29, 1.82) is 0 Å². The summed E-state index contributed by atoms with van der Waals surface area (Å²) < 4.78 is 0. The maximum absolute atomic E-state index is 12.3. The van der Waals surface area contributed by atoms with Gasteiger partial charge in [-0.2, -0.15) is 0 Å². The number of nitrogens with zero attached hydrogens (tertiary/aromatic N) is 1. The molecule has 1 aliphatic heterocycles. The minimum atomic E-state index is 0.168. The zero-order valence-electron chi connectivity index (χ0n) is 11.9. The van der Waals surface area contributed by atoms with Crippen molar-refractivity contribution in [1.82, 2.24) is 10.2 Å². The topological polar surface area (TPSA) is 32.3 Å². The second-order valence-corrected chi connectivity index (χ2v) is 5.59. The Kier molecular flexibility index (Phi) is 4.97. The monoisotopic (exact) mass is 260 g/mol. The summed E-state index contributed by atoms with van der Waals surface area (Å²) in [5.74, 6) is 0.927. The molecule has 2 rings (SSSR count). The van der Waals surface area contributed by atoms with Crippen LogP contribution in [0.3, 0.4) is 0 Å². The third-order valence-electron chi connectivity index (χ3n) is 4.01. The summed E-state index contributed by atoms with van der Waals surface area (Å²) in [7, 11) is 1.93. The van der Waals surface area contributed by atoms with Gasteiger partial charge in [-0.25, -0.2) is 0 Å². The number of hydrogen-bond acceptors (Lipinski definition) is 2. The summed E-state index contributed by atoms with van der Waals surface area (Å²) in [6.45, 7) is 4.80. The molecule has 0 radical (unpaired) electrons. The molecule has 3 heteroatoms. The minimum Gasteiger partial charge on any atom is -0.345 e. The number of benzene rings is 1. The van der Waals surface area contributed by atoms with Crippen LogP contribution in [0, 0.1) is 11.8 Å². The third-order valence-corrected chi connectivity index (χ3v) is 4.01. The fourth-order valence-corrected chi connectivity index (χ4v) is 2.70. The van der Waals surface area contributed by atoms with Crippen molar-refractivity contribution in [2.45, 2.75) is 19.8 Å². The largest absolute Gasteiger partial charge is 0.345 e. The Morgan fingerprint density at radius 3 is 2.68 bits per heavy atom. The maximum Gasteiger partial charge on any atom is 0.227 e. The van der Waals surface area contributed by atoms with Gasteiger partial charge in [0.25, 0.3) is 0 Å². The number of hydrogen-bond donors (Lipinski definition) is 1. The van der Waals surface area contributed by atoms with Crippen molar-refractivity contribution >= 4 is 5.91 Å². The minimum absolute atomic E-state index is 0.168. The van der Waals surface area contributed by atoms with Gasteiger partial charge in [0.05, 0.1) is 5.92 Å². The molecule has 1 fully saturated rings. The summed E-state index contributed by atoms with van der Waals surface area (Å²) in [4.78, 5) is 14.2. The lowest BCUT2D eigenvalue weighted by Gasteiger charge is -2.22. The summed E-state index contributed by atoms with van der Waals surface area (Å²) in [5.41, 5.74) is 1.35. The lowest BCUT2D eigenvalue weighted by molar-refractivity contribution is -0.134. The lowest BCUT2D eigenvalue weighted by atomic mass is 9.96. The SMILES string of the molecule is C[C@@H]1CNC[C@H]1C(=O)N(C)CCCc1ccccc1. The van der Waals surface area contributed by atoms with E-state index in [-0.39, 0.29) is 5.92 Å². The molecule has 0 bridgehead atoms. The number of aryl methyl sites for hydroxylation is 1. The summed E-state index contributed by atoms with van der Waals surface area (Å²) >= 11 is 0. The maximum atomic E-state index is 12.3. The molecule has 19 heavy (non-hydrogen) atoms. The standard InChI is InChI=1S/C16H24N2O/c1-13-11-17-12-15(13)16(19)18(2)10-6-9-14-7-4-3-5-8-14/h3-5,7-8,13,15,17H,6,9-12H2,1-2H3/t13-,15-/m1/s1. The average Bonchev–Trinajstić information content (AvgIpc) is 2.85. The molecular formula is C16H24N2O. The molecule has 1 heterocycles. The van der Waals surface area contributed by atoms with Gasteiger partial charge < -0.3 is 10.2 Å². The molecule has 0 aliphatic carbocycles. The van der Waals surface area contributed by atoms with E-state index in [1.807, 2.05) is 18.0 Å². The van der Waals surface area contributed by atoms with Gasteiger partial charge in [-0.3, -0.25) is 4.79 Å². The Bertz CT molecular complexity index is 404. The van der Waals surface area contributed by atoms with E-state index >= 15 is 0 Å². The lowest BCUT2D eigenvalue weighted by Crippen LogP contribution is -2.36. The van der Waals surface area contributed by atoms with Gasteiger partial charge in [-0.15, -0.1) is 0 Å². The van der Waals surface area contributed by atoms with Gasteiger partial charge >= 0.3 is 0 Å². The molecule has 1 amide bonds. The Morgan fingerprint density at radius 2 is 2.05 bits per heavy atom. The Hall–Kier alpha value is -1.35. The average molecular weight is 260 g/mol. The zero-order chi connectivity index (χ0) is 13.7. The van der Waals surface area contributed by atoms with Gasteiger partial charge in [-0.1, -0.05) is 37.3 Å². The van der Waals surface area contributed by atoms with E-state index in [1.54, 1.807) is 0 Å². The fraction of sp³-hybridized carbons (Fsp3) is 0.562. The smallest absolute Gasteiger partial charge is 0.227 e. The van der Waals surface area contributed by atoms with Crippen LogP contribution >= 0.6 is 0 Å². The number of rotatable bonds is 5. The van der Waals surface area contributed by atoms with Crippen LogP contribution in [0.2, 0.25) is 0 Å². The zero-order valence-corrected chi connectivity index (χ0v) is 11.9. The van der Waals surface area contributed by atoms with E-state index < -0.39 is 0 Å². The first kappa shape index (κ1) is 14.1. The van der Waals surface area contributed by atoms with Crippen molar-refractivity contribution in [2.75, 3.05) is 26.7 Å². The van der Waals surface area contributed by atoms with Crippen LogP contribution in [-0.4, -0.2) is 37.5 Å². The summed E-state index contributed by atoms with van der Waals surface area (Å²) in [5, 5.41) is 3.29. The highest BCUT2D eigenvalue weighted by Gasteiger charge is 2.31. The first-order valence-corrected chi connectivity index (χ1v) is 7.18. The van der Waals surface area contributed by atoms with Gasteiger partial charge in [0.2, 0.25) is 5.91 Å². The van der Waals surface area contributed by atoms with Gasteiger partial charge in [0.15, 0.2) is 0 Å². The van der Waals surface area contributed by atoms with E-state index in [0.717, 1.165) is 32.5 Å². The predicted octanol–water partition coefficient (Wildman–Crippen LogP) is 1.93. The first-order valence-electron chi connectivity index (χ1n) is 7.18. The Labute approximate surface area is 116 Å². The fourth-order valence-electron chi connectivity index (χ4n) is 2.70. The normalized spacial score (nSPS) is 22.4. The van der Waals surface area contributed by atoms with Gasteiger partial charge in [0.1, 0.15) is 0 Å². The van der Waals surface area contributed by atoms with E-state index in [9.17, 15) is 4.79 Å². The first-order chi connectivity index (χ1) is 9.18. The van der Waals surface area contributed by atoms with Gasteiger partial charge in [-0.05, 0) is 30.9 Å². The highest BCUT2D eigenvalue weighted by Crippen LogP contribution is 2.18. The predicted molar refractivity (Wildman–Crippen MR) is 77.9 cm³/mol. The van der Waals surface area contributed by atoms with Crippen LogP contribution in [0.15, 0.2) is 30.3 Å². The molecule has 1 aromatic carbocycles. The summed E-state index contributed by atoms with van der Waals surface area (Å²) in [6, 6.07) is 10.5. The molecule has 1 aliphatic rings. The van der Waals surface area contributed by atoms with Crippen LogP contribution in [0.4, 0.5) is 0 Å². The van der Waals surface area contributed by atoms with E-state index in [1.165, 1.54) is 5.56 Å². The number of carbonyl (C=O) groups is 1. The molecule has 0 saturated carbocycles. The number of nitrogens with one attached hydrogen (secondary N) is 1. The molecule has 104 valence electrons. The van der Waals surface area contributed by atoms with Crippen LogP contribution in [0.5, 0.6) is 0 Å². The molecule has 0 aromatic heterocycles. The van der Waals surface area contributed by atoms with E-state index in [4.69, 9.17) is 0 Å². The number of amides is 1. The van der Waals surface area contributed by atoms with E-state index in [0.29, 0.717) is 11.8 Å². The van der Waals surface area contributed by atoms with Gasteiger partial charge in [0, 0.05) is 20.1 Å². The molecular weight excluding hydrogens is 236 g/mol. The molecule has 2 atom stereocenters. The third kappa shape index (κ3) is 3.80. The molecule has 1 saturated heterocycles. The van der Waals surface area contributed by atoms with Crippen LogP contribution in [0.25, 0.3) is 0 Å². The van der Waals surface area contributed by atoms with Crippen LogP contribution in [0.1, 0.15) is 18.9 Å². The molecule has 0 spiro atoms. The van der Waals surface area contributed by atoms with Crippen LogP contribution in [-0.2, 0) is 11.2 Å². The highest BCUT2D eigenvalue weighted by atomic mass is 16.2. The van der Waals surface area contributed by atoms with Crippen molar-refractivity contribution in [3.05, 3.63) is 35.9 Å². The van der Waals surface area contributed by atoms with E-state index in [2.05, 4.69) is 36.5 Å². The second kappa shape index (κ2) is 6.71.